The number of rotatable bonds is 9. The van der Waals surface area contributed by atoms with E-state index in [1.165, 1.54) is 24.3 Å². The SMILES string of the molecule is CCCCc1ccc(C)c(S(=O)(=O)Nc2ccc(Cl)cc2NS(=O)(=O)c2cc3ccccc3o2)c1. The number of para-hydroxylation sites is 1. The predicted octanol–water partition coefficient (Wildman–Crippen LogP) is 6.34. The number of aryl methyl sites for hydroxylation is 2. The van der Waals surface area contributed by atoms with Crippen molar-refractivity contribution >= 4 is 54.0 Å². The molecule has 7 nitrogen and oxygen atoms in total. The van der Waals surface area contributed by atoms with E-state index >= 15 is 0 Å². The van der Waals surface area contributed by atoms with Gasteiger partial charge in [0.1, 0.15) is 5.58 Å². The molecule has 4 rings (SSSR count). The fourth-order valence-corrected chi connectivity index (χ4v) is 6.23. The number of hydrogen-bond donors (Lipinski definition) is 2. The summed E-state index contributed by atoms with van der Waals surface area (Å²) >= 11 is 6.10. The molecule has 0 atom stereocenters. The number of hydrogen-bond acceptors (Lipinski definition) is 5. The van der Waals surface area contributed by atoms with E-state index in [2.05, 4.69) is 16.4 Å². The first-order valence-electron chi connectivity index (χ1n) is 11.0. The zero-order chi connectivity index (χ0) is 25.2. The molecule has 4 aromatic rings. The normalized spacial score (nSPS) is 12.1. The van der Waals surface area contributed by atoms with Gasteiger partial charge in [0.25, 0.3) is 20.0 Å². The summed E-state index contributed by atoms with van der Waals surface area (Å²) in [7, 11) is -8.19. The fraction of sp³-hybridized carbons (Fsp3) is 0.200. The molecule has 0 spiro atoms. The minimum absolute atomic E-state index is 0.0266. The van der Waals surface area contributed by atoms with Gasteiger partial charge in [-0.25, -0.2) is 8.42 Å². The first-order chi connectivity index (χ1) is 16.6. The van der Waals surface area contributed by atoms with E-state index in [1.807, 2.05) is 6.07 Å². The summed E-state index contributed by atoms with van der Waals surface area (Å²) in [4.78, 5) is 0.132. The molecule has 184 valence electrons. The summed E-state index contributed by atoms with van der Waals surface area (Å²) in [6.45, 7) is 3.78. The number of benzene rings is 3. The molecular weight excluding hydrogens is 508 g/mol. The summed E-state index contributed by atoms with van der Waals surface area (Å²) in [6, 6.07) is 17.9. The van der Waals surface area contributed by atoms with Gasteiger partial charge in [0.15, 0.2) is 0 Å². The molecular formula is C25H25ClN2O5S2. The molecule has 0 aliphatic carbocycles. The highest BCUT2D eigenvalue weighted by atomic mass is 35.5. The van der Waals surface area contributed by atoms with Gasteiger partial charge in [-0.3, -0.25) is 9.44 Å². The Balaban J connectivity index is 1.67. The number of halogens is 1. The van der Waals surface area contributed by atoms with Crippen LogP contribution < -0.4 is 9.44 Å². The third kappa shape index (κ3) is 5.63. The molecule has 0 aliphatic heterocycles. The minimum Gasteiger partial charge on any atom is -0.443 e. The van der Waals surface area contributed by atoms with E-state index in [1.54, 1.807) is 43.3 Å². The first-order valence-corrected chi connectivity index (χ1v) is 14.4. The maximum Gasteiger partial charge on any atom is 0.295 e. The molecule has 35 heavy (non-hydrogen) atoms. The van der Waals surface area contributed by atoms with Gasteiger partial charge in [-0.05, 0) is 61.2 Å². The van der Waals surface area contributed by atoms with Crippen LogP contribution >= 0.6 is 11.6 Å². The number of unbranched alkanes of at least 4 members (excludes halogenated alkanes) is 1. The van der Waals surface area contributed by atoms with Crippen LogP contribution in [0.5, 0.6) is 0 Å². The lowest BCUT2D eigenvalue weighted by Gasteiger charge is -2.16. The van der Waals surface area contributed by atoms with Crippen LogP contribution in [0.3, 0.4) is 0 Å². The highest BCUT2D eigenvalue weighted by Gasteiger charge is 2.24. The molecule has 0 aliphatic rings. The van der Waals surface area contributed by atoms with E-state index in [9.17, 15) is 16.8 Å². The maximum absolute atomic E-state index is 13.3. The van der Waals surface area contributed by atoms with Crippen LogP contribution in [0.2, 0.25) is 5.02 Å². The van der Waals surface area contributed by atoms with Gasteiger partial charge in [-0.1, -0.05) is 55.3 Å². The van der Waals surface area contributed by atoms with Crippen molar-refractivity contribution in [3.8, 4) is 0 Å². The molecule has 0 unspecified atom stereocenters. The van der Waals surface area contributed by atoms with Gasteiger partial charge in [0.05, 0.1) is 16.3 Å². The topological polar surface area (TPSA) is 105 Å². The van der Waals surface area contributed by atoms with Crippen LogP contribution in [-0.4, -0.2) is 16.8 Å². The van der Waals surface area contributed by atoms with Crippen molar-refractivity contribution < 1.29 is 21.3 Å². The van der Waals surface area contributed by atoms with Gasteiger partial charge < -0.3 is 4.42 Å². The zero-order valence-electron chi connectivity index (χ0n) is 19.2. The standard InChI is InChI=1S/C25H25ClN2O5S2/c1-3-4-7-18-11-10-17(2)24(14-18)34(29,30)27-21-13-12-20(26)16-22(21)28-35(31,32)25-15-19-8-5-6-9-23(19)33-25/h5-6,8-16,27-28H,3-4,7H2,1-2H3. The lowest BCUT2D eigenvalue weighted by molar-refractivity contribution is 0.484. The van der Waals surface area contributed by atoms with Crippen molar-refractivity contribution in [2.45, 2.75) is 43.1 Å². The van der Waals surface area contributed by atoms with Crippen LogP contribution in [0.25, 0.3) is 11.0 Å². The Morgan fingerprint density at radius 2 is 1.60 bits per heavy atom. The second-order valence-electron chi connectivity index (χ2n) is 8.21. The number of fused-ring (bicyclic) bond motifs is 1. The summed E-state index contributed by atoms with van der Waals surface area (Å²) in [5.41, 5.74) is 1.92. The molecule has 0 bridgehead atoms. The van der Waals surface area contributed by atoms with Crippen LogP contribution in [0.15, 0.2) is 81.1 Å². The Morgan fingerprint density at radius 3 is 2.34 bits per heavy atom. The smallest absolute Gasteiger partial charge is 0.295 e. The number of furan rings is 1. The van der Waals surface area contributed by atoms with Crippen LogP contribution in [0.1, 0.15) is 30.9 Å². The van der Waals surface area contributed by atoms with Gasteiger partial charge in [-0.15, -0.1) is 0 Å². The molecule has 1 heterocycles. The molecule has 0 saturated carbocycles. The monoisotopic (exact) mass is 532 g/mol. The Kier molecular flexibility index (Phi) is 7.12. The highest BCUT2D eigenvalue weighted by Crippen LogP contribution is 2.32. The van der Waals surface area contributed by atoms with Crippen molar-refractivity contribution in [3.05, 3.63) is 82.9 Å². The van der Waals surface area contributed by atoms with Gasteiger partial charge in [0.2, 0.25) is 5.09 Å². The lowest BCUT2D eigenvalue weighted by Crippen LogP contribution is -2.18. The average Bonchev–Trinajstić information content (AvgIpc) is 3.25. The molecule has 2 N–H and O–H groups in total. The zero-order valence-corrected chi connectivity index (χ0v) is 21.6. The highest BCUT2D eigenvalue weighted by molar-refractivity contribution is 7.93. The van der Waals surface area contributed by atoms with Gasteiger partial charge in [-0.2, -0.15) is 8.42 Å². The quantitative estimate of drug-likeness (QED) is 0.262. The Hall–Kier alpha value is -3.01. The summed E-state index contributed by atoms with van der Waals surface area (Å²) < 4.78 is 63.1. The molecule has 0 radical (unpaired) electrons. The average molecular weight is 533 g/mol. The lowest BCUT2D eigenvalue weighted by atomic mass is 10.1. The van der Waals surface area contributed by atoms with Gasteiger partial charge in [0, 0.05) is 16.5 Å². The second-order valence-corrected chi connectivity index (χ2v) is 11.9. The van der Waals surface area contributed by atoms with Crippen molar-refractivity contribution in [2.24, 2.45) is 0 Å². The van der Waals surface area contributed by atoms with Crippen molar-refractivity contribution in [2.75, 3.05) is 9.44 Å². The molecule has 1 aromatic heterocycles. The van der Waals surface area contributed by atoms with E-state index in [0.29, 0.717) is 16.5 Å². The number of sulfonamides is 2. The minimum atomic E-state index is -4.17. The maximum atomic E-state index is 13.3. The number of anilines is 2. The van der Waals surface area contributed by atoms with E-state index in [0.717, 1.165) is 24.8 Å². The molecule has 0 amide bonds. The van der Waals surface area contributed by atoms with Crippen molar-refractivity contribution in [1.29, 1.82) is 0 Å². The summed E-state index contributed by atoms with van der Waals surface area (Å²) in [5, 5.41) is 0.554. The van der Waals surface area contributed by atoms with Crippen molar-refractivity contribution in [1.82, 2.24) is 0 Å². The molecule has 10 heteroatoms. The molecule has 3 aromatic carbocycles. The summed E-state index contributed by atoms with van der Waals surface area (Å²) in [6.07, 6.45) is 2.71. The first kappa shape index (κ1) is 25.1. The van der Waals surface area contributed by atoms with E-state index in [-0.39, 0.29) is 26.4 Å². The molecule has 0 fully saturated rings. The van der Waals surface area contributed by atoms with Crippen LogP contribution in [-0.2, 0) is 26.5 Å². The Bertz CT molecular complexity index is 1560. The second kappa shape index (κ2) is 9.93. The van der Waals surface area contributed by atoms with E-state index < -0.39 is 20.0 Å². The molecule has 0 saturated heterocycles. The fourth-order valence-electron chi connectivity index (χ4n) is 3.65. The Labute approximate surface area is 210 Å². The van der Waals surface area contributed by atoms with E-state index in [4.69, 9.17) is 16.0 Å². The van der Waals surface area contributed by atoms with Crippen LogP contribution in [0.4, 0.5) is 11.4 Å². The third-order valence-corrected chi connectivity index (χ3v) is 8.46. The third-order valence-electron chi connectivity index (χ3n) is 5.50. The summed E-state index contributed by atoms with van der Waals surface area (Å²) in [5.74, 6) is 0. The predicted molar refractivity (Wildman–Crippen MR) is 139 cm³/mol. The van der Waals surface area contributed by atoms with Crippen molar-refractivity contribution in [3.63, 3.8) is 0 Å². The largest absolute Gasteiger partial charge is 0.443 e. The number of nitrogens with one attached hydrogen (secondary N) is 2. The van der Waals surface area contributed by atoms with Gasteiger partial charge >= 0.3 is 0 Å². The van der Waals surface area contributed by atoms with Crippen LogP contribution in [0, 0.1) is 6.92 Å². The Morgan fingerprint density at radius 1 is 0.857 bits per heavy atom.